The number of sulfonamides is 1. The molecule has 1 aliphatic rings. The van der Waals surface area contributed by atoms with Crippen molar-refractivity contribution in [1.82, 2.24) is 14.1 Å². The quantitative estimate of drug-likeness (QED) is 0.704. The number of piperazine rings is 1. The summed E-state index contributed by atoms with van der Waals surface area (Å²) < 4.78 is 39.7. The fraction of sp³-hybridized carbons (Fsp3) is 0.632. The second-order valence-electron chi connectivity index (χ2n) is 7.63. The largest absolute Gasteiger partial charge is 0.339 e. The molecule has 1 amide bonds. The maximum Gasteiger partial charge on any atom is 0.243 e. The molecule has 0 bridgehead atoms. The van der Waals surface area contributed by atoms with Crippen LogP contribution in [0, 0.1) is 11.7 Å². The zero-order valence-electron chi connectivity index (χ0n) is 16.6. The topological polar surface area (TPSA) is 60.9 Å². The van der Waals surface area contributed by atoms with Crippen LogP contribution in [0.25, 0.3) is 0 Å². The number of halogens is 1. The normalized spacial score (nSPS) is 17.5. The molecule has 1 aliphatic heterocycles. The summed E-state index contributed by atoms with van der Waals surface area (Å²) in [5, 5.41) is 0. The molecule has 0 N–H and O–H groups in total. The van der Waals surface area contributed by atoms with E-state index in [-0.39, 0.29) is 23.9 Å². The molecule has 1 aromatic rings. The molecule has 1 heterocycles. The molecule has 0 aliphatic carbocycles. The van der Waals surface area contributed by atoms with Crippen molar-refractivity contribution in [2.45, 2.75) is 38.1 Å². The smallest absolute Gasteiger partial charge is 0.243 e. The Morgan fingerprint density at radius 1 is 1.11 bits per heavy atom. The van der Waals surface area contributed by atoms with Crippen molar-refractivity contribution in [2.24, 2.45) is 5.92 Å². The van der Waals surface area contributed by atoms with Gasteiger partial charge in [0, 0.05) is 32.2 Å². The molecule has 0 spiro atoms. The molecule has 1 atom stereocenters. The van der Waals surface area contributed by atoms with Crippen LogP contribution in [-0.2, 0) is 14.8 Å². The van der Waals surface area contributed by atoms with Gasteiger partial charge in [-0.2, -0.15) is 4.31 Å². The summed E-state index contributed by atoms with van der Waals surface area (Å²) in [6.07, 6.45) is 1.02. The van der Waals surface area contributed by atoms with Crippen molar-refractivity contribution in [2.75, 3.05) is 39.8 Å². The number of carbonyl (C=O) groups excluding carboxylic acids is 1. The van der Waals surface area contributed by atoms with E-state index in [9.17, 15) is 17.6 Å². The SMILES string of the molecule is CC(C)CC(C)N(C)CC(=O)N1CCN(S(=O)(=O)c2ccc(F)cc2)CC1. The van der Waals surface area contributed by atoms with Crippen LogP contribution >= 0.6 is 0 Å². The van der Waals surface area contributed by atoms with E-state index in [0.29, 0.717) is 31.6 Å². The van der Waals surface area contributed by atoms with Crippen LogP contribution in [0.2, 0.25) is 0 Å². The molecule has 1 fully saturated rings. The molecule has 1 unspecified atom stereocenters. The number of rotatable bonds is 7. The monoisotopic (exact) mass is 399 g/mol. The van der Waals surface area contributed by atoms with E-state index < -0.39 is 15.8 Å². The zero-order chi connectivity index (χ0) is 20.2. The highest BCUT2D eigenvalue weighted by Gasteiger charge is 2.30. The van der Waals surface area contributed by atoms with Crippen molar-refractivity contribution in [1.29, 1.82) is 0 Å². The number of benzene rings is 1. The van der Waals surface area contributed by atoms with Crippen molar-refractivity contribution < 1.29 is 17.6 Å². The molecule has 0 aromatic heterocycles. The average Bonchev–Trinajstić information content (AvgIpc) is 2.61. The fourth-order valence-corrected chi connectivity index (χ4v) is 4.69. The lowest BCUT2D eigenvalue weighted by Crippen LogP contribution is -2.52. The lowest BCUT2D eigenvalue weighted by atomic mass is 10.0. The fourth-order valence-electron chi connectivity index (χ4n) is 3.26. The van der Waals surface area contributed by atoms with Crippen LogP contribution in [0.3, 0.4) is 0 Å². The first-order chi connectivity index (χ1) is 12.6. The Kier molecular flexibility index (Phi) is 7.36. The average molecular weight is 400 g/mol. The van der Waals surface area contributed by atoms with Crippen LogP contribution in [0.4, 0.5) is 4.39 Å². The van der Waals surface area contributed by atoms with E-state index in [4.69, 9.17) is 0 Å². The van der Waals surface area contributed by atoms with Gasteiger partial charge in [-0.15, -0.1) is 0 Å². The van der Waals surface area contributed by atoms with Crippen molar-refractivity contribution in [3.63, 3.8) is 0 Å². The molecule has 27 heavy (non-hydrogen) atoms. The number of likely N-dealkylation sites (N-methyl/N-ethyl adjacent to an activating group) is 1. The molecule has 152 valence electrons. The van der Waals surface area contributed by atoms with Crippen molar-refractivity contribution in [3.05, 3.63) is 30.1 Å². The molecule has 2 rings (SSSR count). The van der Waals surface area contributed by atoms with Crippen molar-refractivity contribution >= 4 is 15.9 Å². The Labute approximate surface area is 162 Å². The minimum Gasteiger partial charge on any atom is -0.339 e. The van der Waals surface area contributed by atoms with Gasteiger partial charge in [0.25, 0.3) is 0 Å². The van der Waals surface area contributed by atoms with E-state index >= 15 is 0 Å². The maximum atomic E-state index is 13.0. The van der Waals surface area contributed by atoms with Crippen LogP contribution in [0.15, 0.2) is 29.2 Å². The lowest BCUT2D eigenvalue weighted by Gasteiger charge is -2.35. The van der Waals surface area contributed by atoms with E-state index in [1.165, 1.54) is 16.4 Å². The third-order valence-corrected chi connectivity index (χ3v) is 6.91. The van der Waals surface area contributed by atoms with Gasteiger partial charge in [-0.1, -0.05) is 13.8 Å². The van der Waals surface area contributed by atoms with E-state index in [1.54, 1.807) is 4.90 Å². The predicted molar refractivity (Wildman–Crippen MR) is 103 cm³/mol. The number of hydrogen-bond donors (Lipinski definition) is 0. The van der Waals surface area contributed by atoms with Gasteiger partial charge in [0.15, 0.2) is 0 Å². The van der Waals surface area contributed by atoms with Gasteiger partial charge in [-0.05, 0) is 50.6 Å². The van der Waals surface area contributed by atoms with Gasteiger partial charge < -0.3 is 4.90 Å². The van der Waals surface area contributed by atoms with Gasteiger partial charge in [0.2, 0.25) is 15.9 Å². The van der Waals surface area contributed by atoms with Crippen LogP contribution < -0.4 is 0 Å². The molecule has 0 saturated carbocycles. The van der Waals surface area contributed by atoms with Crippen LogP contribution in [0.5, 0.6) is 0 Å². The third kappa shape index (κ3) is 5.73. The van der Waals surface area contributed by atoms with Crippen LogP contribution in [-0.4, -0.2) is 74.2 Å². The number of nitrogens with zero attached hydrogens (tertiary/aromatic N) is 3. The number of carbonyl (C=O) groups is 1. The minimum atomic E-state index is -3.66. The first kappa shape index (κ1) is 21.8. The Hall–Kier alpha value is -1.51. The summed E-state index contributed by atoms with van der Waals surface area (Å²) in [7, 11) is -1.71. The highest BCUT2D eigenvalue weighted by atomic mass is 32.2. The molecule has 1 saturated heterocycles. The Morgan fingerprint density at radius 3 is 2.19 bits per heavy atom. The van der Waals surface area contributed by atoms with E-state index in [0.717, 1.165) is 18.6 Å². The zero-order valence-corrected chi connectivity index (χ0v) is 17.4. The van der Waals surface area contributed by atoms with Crippen molar-refractivity contribution in [3.8, 4) is 0 Å². The summed E-state index contributed by atoms with van der Waals surface area (Å²) in [5.41, 5.74) is 0. The number of hydrogen-bond acceptors (Lipinski definition) is 4. The van der Waals surface area contributed by atoms with Crippen LogP contribution in [0.1, 0.15) is 27.2 Å². The van der Waals surface area contributed by atoms with Gasteiger partial charge in [0.05, 0.1) is 11.4 Å². The molecule has 8 heteroatoms. The first-order valence-corrected chi connectivity index (χ1v) is 10.8. The van der Waals surface area contributed by atoms with E-state index in [1.807, 2.05) is 11.9 Å². The predicted octanol–water partition coefficient (Wildman–Crippen LogP) is 2.02. The molecular weight excluding hydrogens is 369 g/mol. The molecule has 0 radical (unpaired) electrons. The van der Waals surface area contributed by atoms with Gasteiger partial charge >= 0.3 is 0 Å². The standard InChI is InChI=1S/C19H30FN3O3S/c1-15(2)13-16(3)21(4)14-19(24)22-9-11-23(12-10-22)27(25,26)18-7-5-17(20)6-8-18/h5-8,15-16H,9-14H2,1-4H3. The Balaban J connectivity index is 1.90. The van der Waals surface area contributed by atoms with Gasteiger partial charge in [-0.25, -0.2) is 12.8 Å². The second-order valence-corrected chi connectivity index (χ2v) is 9.57. The van der Waals surface area contributed by atoms with Gasteiger partial charge in [0.1, 0.15) is 5.82 Å². The summed E-state index contributed by atoms with van der Waals surface area (Å²) in [6.45, 7) is 7.99. The van der Waals surface area contributed by atoms with Gasteiger partial charge in [-0.3, -0.25) is 9.69 Å². The Morgan fingerprint density at radius 2 is 1.67 bits per heavy atom. The van der Waals surface area contributed by atoms with E-state index in [2.05, 4.69) is 20.8 Å². The highest BCUT2D eigenvalue weighted by Crippen LogP contribution is 2.18. The summed E-state index contributed by atoms with van der Waals surface area (Å²) >= 11 is 0. The highest BCUT2D eigenvalue weighted by molar-refractivity contribution is 7.89. The second kappa shape index (κ2) is 9.12. The molecular formula is C19H30FN3O3S. The third-order valence-electron chi connectivity index (χ3n) is 4.99. The molecule has 1 aromatic carbocycles. The summed E-state index contributed by atoms with van der Waals surface area (Å²) in [4.78, 5) is 16.4. The minimum absolute atomic E-state index is 0.0203. The summed E-state index contributed by atoms with van der Waals surface area (Å²) in [5.74, 6) is 0.116. The summed E-state index contributed by atoms with van der Waals surface area (Å²) in [6, 6.07) is 5.14. The number of amides is 1. The Bertz CT molecular complexity index is 729. The maximum absolute atomic E-state index is 13.0. The molecule has 6 nitrogen and oxygen atoms in total. The lowest BCUT2D eigenvalue weighted by molar-refractivity contribution is -0.133. The first-order valence-electron chi connectivity index (χ1n) is 9.35.